The number of fused-ring (bicyclic) bond motifs is 1. The van der Waals surface area contributed by atoms with Crippen LogP contribution in [0.15, 0.2) is 12.3 Å². The normalized spacial score (nSPS) is 16.5. The van der Waals surface area contributed by atoms with E-state index >= 15 is 0 Å². The van der Waals surface area contributed by atoms with Crippen LogP contribution < -0.4 is 5.73 Å². The van der Waals surface area contributed by atoms with Crippen molar-refractivity contribution in [3.63, 3.8) is 0 Å². The van der Waals surface area contributed by atoms with E-state index in [0.29, 0.717) is 6.04 Å². The number of nitrogens with two attached hydrogens (primary N) is 1. The predicted octanol–water partition coefficient (Wildman–Crippen LogP) is 2.33. The summed E-state index contributed by atoms with van der Waals surface area (Å²) < 4.78 is 2.06. The molecule has 1 saturated carbocycles. The lowest BCUT2D eigenvalue weighted by atomic mass is 10.2. The number of nitrogen functional groups attached to an aromatic ring is 1. The van der Waals surface area contributed by atoms with Crippen LogP contribution in [0.5, 0.6) is 0 Å². The van der Waals surface area contributed by atoms with Gasteiger partial charge in [-0.2, -0.15) is 4.98 Å². The summed E-state index contributed by atoms with van der Waals surface area (Å²) in [6.45, 7) is 1.59. The van der Waals surface area contributed by atoms with Crippen molar-refractivity contribution in [1.82, 2.24) is 14.5 Å². The van der Waals surface area contributed by atoms with Crippen LogP contribution in [0.2, 0.25) is 0 Å². The van der Waals surface area contributed by atoms with Gasteiger partial charge >= 0.3 is 0 Å². The summed E-state index contributed by atoms with van der Waals surface area (Å²) in [7, 11) is 0. The van der Waals surface area contributed by atoms with Gasteiger partial charge in [0.25, 0.3) is 0 Å². The maximum atomic E-state index is 11.8. The van der Waals surface area contributed by atoms with Crippen molar-refractivity contribution in [2.75, 3.05) is 5.73 Å². The number of carbonyl (C=O) groups excluding carboxylic acids is 1. The number of Topliss-reactive ketones (excluding diaryl/α,β-unsaturated/α-hetero) is 1. The first-order valence-corrected chi connectivity index (χ1v) is 6.31. The average molecular weight is 244 g/mol. The maximum absolute atomic E-state index is 11.8. The Balaban J connectivity index is 2.26. The summed E-state index contributed by atoms with van der Waals surface area (Å²) in [5.41, 5.74) is 7.17. The first-order valence-electron chi connectivity index (χ1n) is 6.31. The minimum atomic E-state index is 0.0680. The molecule has 0 unspecified atom stereocenters. The van der Waals surface area contributed by atoms with Gasteiger partial charge in [-0.25, -0.2) is 4.98 Å². The molecule has 0 spiro atoms. The van der Waals surface area contributed by atoms with Crippen LogP contribution >= 0.6 is 0 Å². The van der Waals surface area contributed by atoms with E-state index in [-0.39, 0.29) is 11.7 Å². The zero-order chi connectivity index (χ0) is 12.7. The molecule has 1 aliphatic rings. The van der Waals surface area contributed by atoms with Crippen LogP contribution in [0, 0.1) is 0 Å². The van der Waals surface area contributed by atoms with E-state index < -0.39 is 0 Å². The molecule has 0 aliphatic heterocycles. The quantitative estimate of drug-likeness (QED) is 0.823. The van der Waals surface area contributed by atoms with Crippen LogP contribution in [0.25, 0.3) is 11.0 Å². The number of anilines is 1. The molecular formula is C13H16N4O. The minimum Gasteiger partial charge on any atom is -0.368 e. The summed E-state index contributed by atoms with van der Waals surface area (Å²) >= 11 is 0. The monoisotopic (exact) mass is 244 g/mol. The fourth-order valence-corrected chi connectivity index (χ4v) is 2.82. The topological polar surface area (TPSA) is 73.8 Å². The molecule has 0 aromatic carbocycles. The summed E-state index contributed by atoms with van der Waals surface area (Å²) in [5.74, 6) is 0.327. The Bertz CT molecular complexity index is 611. The predicted molar refractivity (Wildman–Crippen MR) is 69.4 cm³/mol. The van der Waals surface area contributed by atoms with Gasteiger partial charge in [-0.15, -0.1) is 0 Å². The van der Waals surface area contributed by atoms with Gasteiger partial charge in [-0.3, -0.25) is 4.79 Å². The second-order valence-corrected chi connectivity index (χ2v) is 4.90. The molecule has 3 rings (SSSR count). The minimum absolute atomic E-state index is 0.0680. The molecular weight excluding hydrogens is 228 g/mol. The van der Waals surface area contributed by atoms with Crippen molar-refractivity contribution >= 4 is 22.8 Å². The second kappa shape index (κ2) is 4.08. The molecule has 1 aliphatic carbocycles. The van der Waals surface area contributed by atoms with Crippen molar-refractivity contribution in [3.8, 4) is 0 Å². The lowest BCUT2D eigenvalue weighted by Gasteiger charge is -2.15. The van der Waals surface area contributed by atoms with Crippen LogP contribution in [-0.2, 0) is 0 Å². The lowest BCUT2D eigenvalue weighted by molar-refractivity contribution is 0.100. The molecule has 94 valence electrons. The van der Waals surface area contributed by atoms with Crippen LogP contribution in [-0.4, -0.2) is 20.3 Å². The number of rotatable bonds is 2. The third kappa shape index (κ3) is 1.66. The zero-order valence-corrected chi connectivity index (χ0v) is 10.4. The van der Waals surface area contributed by atoms with Crippen LogP contribution in [0.3, 0.4) is 0 Å². The molecule has 0 amide bonds. The summed E-state index contributed by atoms with van der Waals surface area (Å²) in [6.07, 6.45) is 6.32. The van der Waals surface area contributed by atoms with Gasteiger partial charge in [0.05, 0.1) is 5.69 Å². The van der Waals surface area contributed by atoms with Crippen molar-refractivity contribution in [2.45, 2.75) is 38.6 Å². The van der Waals surface area contributed by atoms with E-state index in [4.69, 9.17) is 5.73 Å². The average Bonchev–Trinajstić information content (AvgIpc) is 2.93. The van der Waals surface area contributed by atoms with Crippen LogP contribution in [0.1, 0.15) is 49.1 Å². The molecule has 1 fully saturated rings. The lowest BCUT2D eigenvalue weighted by Crippen LogP contribution is -2.12. The van der Waals surface area contributed by atoms with Gasteiger partial charge in [0.1, 0.15) is 5.65 Å². The van der Waals surface area contributed by atoms with Gasteiger partial charge in [0.15, 0.2) is 5.78 Å². The summed E-state index contributed by atoms with van der Waals surface area (Å²) in [5, 5.41) is 0.890. The van der Waals surface area contributed by atoms with Gasteiger partial charge in [0, 0.05) is 24.5 Å². The Hall–Kier alpha value is -1.91. The first-order chi connectivity index (χ1) is 8.66. The van der Waals surface area contributed by atoms with Gasteiger partial charge in [0.2, 0.25) is 5.95 Å². The zero-order valence-electron chi connectivity index (χ0n) is 10.4. The molecule has 5 nitrogen and oxygen atoms in total. The maximum Gasteiger partial charge on any atom is 0.221 e. The van der Waals surface area contributed by atoms with Crippen LogP contribution in [0.4, 0.5) is 5.95 Å². The van der Waals surface area contributed by atoms with Gasteiger partial charge in [-0.05, 0) is 18.9 Å². The molecule has 2 N–H and O–H groups in total. The van der Waals surface area contributed by atoms with Crippen molar-refractivity contribution in [2.24, 2.45) is 0 Å². The Morgan fingerprint density at radius 1 is 1.44 bits per heavy atom. The Labute approximate surface area is 105 Å². The molecule has 2 heterocycles. The number of hydrogen-bond acceptors (Lipinski definition) is 4. The molecule has 0 bridgehead atoms. The molecule has 0 radical (unpaired) electrons. The fourth-order valence-electron chi connectivity index (χ4n) is 2.82. The third-order valence-corrected chi connectivity index (χ3v) is 3.65. The number of hydrogen-bond donors (Lipinski definition) is 1. The highest BCUT2D eigenvalue weighted by Crippen LogP contribution is 2.34. The molecule has 2 aromatic rings. The number of carbonyl (C=O) groups is 1. The molecule has 18 heavy (non-hydrogen) atoms. The highest BCUT2D eigenvalue weighted by molar-refractivity contribution is 5.97. The van der Waals surface area contributed by atoms with E-state index in [0.717, 1.165) is 29.6 Å². The van der Waals surface area contributed by atoms with E-state index in [9.17, 15) is 4.79 Å². The van der Waals surface area contributed by atoms with Crippen molar-refractivity contribution in [1.29, 1.82) is 0 Å². The third-order valence-electron chi connectivity index (χ3n) is 3.65. The van der Waals surface area contributed by atoms with Gasteiger partial charge < -0.3 is 10.3 Å². The summed E-state index contributed by atoms with van der Waals surface area (Å²) in [4.78, 5) is 20.1. The highest BCUT2D eigenvalue weighted by Gasteiger charge is 2.24. The molecule has 2 aromatic heterocycles. The number of aromatic nitrogens is 3. The smallest absolute Gasteiger partial charge is 0.221 e. The number of ketones is 1. The molecule has 5 heteroatoms. The molecule has 0 saturated heterocycles. The Morgan fingerprint density at radius 3 is 2.83 bits per heavy atom. The Kier molecular flexibility index (Phi) is 2.54. The fraction of sp³-hybridized carbons (Fsp3) is 0.462. The van der Waals surface area contributed by atoms with Crippen molar-refractivity contribution < 1.29 is 4.79 Å². The Morgan fingerprint density at radius 2 is 2.17 bits per heavy atom. The van der Waals surface area contributed by atoms with Crippen molar-refractivity contribution in [3.05, 3.63) is 18.0 Å². The standard InChI is InChI=1S/C13H16N4O/c1-8(18)11-6-9-7-15-13(14)16-12(9)17(11)10-4-2-3-5-10/h6-7,10H,2-5H2,1H3,(H2,14,15,16). The largest absolute Gasteiger partial charge is 0.368 e. The van der Waals surface area contributed by atoms with E-state index in [1.807, 2.05) is 6.07 Å². The highest BCUT2D eigenvalue weighted by atomic mass is 16.1. The number of nitrogens with zero attached hydrogens (tertiary/aromatic N) is 3. The van der Waals surface area contributed by atoms with Gasteiger partial charge in [-0.1, -0.05) is 12.8 Å². The second-order valence-electron chi connectivity index (χ2n) is 4.90. The van der Waals surface area contributed by atoms with E-state index in [1.54, 1.807) is 13.1 Å². The van der Waals surface area contributed by atoms with E-state index in [2.05, 4.69) is 14.5 Å². The summed E-state index contributed by atoms with van der Waals surface area (Å²) in [6, 6.07) is 2.24. The molecule has 0 atom stereocenters. The first kappa shape index (κ1) is 11.2. The van der Waals surface area contributed by atoms with E-state index in [1.165, 1.54) is 12.8 Å². The SMILES string of the molecule is CC(=O)c1cc2cnc(N)nc2n1C1CCCC1.